The topological polar surface area (TPSA) is 59.1 Å². The molecule has 0 atom stereocenters. The van der Waals surface area contributed by atoms with Gasteiger partial charge in [-0.2, -0.15) is 0 Å². The average molecular weight is 339 g/mol. The number of pyridine rings is 1. The highest BCUT2D eigenvalue weighted by molar-refractivity contribution is 7.92. The van der Waals surface area contributed by atoms with Crippen LogP contribution in [0.2, 0.25) is 5.15 Å². The summed E-state index contributed by atoms with van der Waals surface area (Å²) in [7, 11) is -3.68. The van der Waals surface area contributed by atoms with Crippen LogP contribution in [0.3, 0.4) is 0 Å². The number of rotatable bonds is 3. The van der Waals surface area contributed by atoms with Gasteiger partial charge in [-0.15, -0.1) is 0 Å². The van der Waals surface area contributed by atoms with E-state index in [0.29, 0.717) is 15.7 Å². The first-order chi connectivity index (χ1) is 10.1. The van der Waals surface area contributed by atoms with Crippen molar-refractivity contribution in [2.45, 2.75) is 39.5 Å². The maximum Gasteiger partial charge on any atom is 0.262 e. The van der Waals surface area contributed by atoms with Crippen LogP contribution in [0.5, 0.6) is 0 Å². The van der Waals surface area contributed by atoms with Gasteiger partial charge in [0.25, 0.3) is 10.0 Å². The Morgan fingerprint density at radius 3 is 1.86 bits per heavy atom. The fourth-order valence-corrected chi connectivity index (χ4v) is 4.27. The molecule has 1 heterocycles. The Kier molecular flexibility index (Phi) is 4.49. The van der Waals surface area contributed by atoms with E-state index < -0.39 is 10.0 Å². The van der Waals surface area contributed by atoms with E-state index in [1.165, 1.54) is 6.20 Å². The zero-order valence-corrected chi connectivity index (χ0v) is 14.9. The van der Waals surface area contributed by atoms with Crippen molar-refractivity contribution in [1.82, 2.24) is 4.98 Å². The quantitative estimate of drug-likeness (QED) is 0.858. The maximum atomic E-state index is 12.8. The summed E-state index contributed by atoms with van der Waals surface area (Å²) in [4.78, 5) is 4.23. The molecule has 0 saturated heterocycles. The van der Waals surface area contributed by atoms with Crippen LogP contribution in [0.15, 0.2) is 23.2 Å². The molecule has 0 unspecified atom stereocenters. The molecule has 4 nitrogen and oxygen atoms in total. The van der Waals surface area contributed by atoms with E-state index in [2.05, 4.69) is 9.71 Å². The summed E-state index contributed by atoms with van der Waals surface area (Å²) in [5.41, 5.74) is 5.06. The molecule has 0 aliphatic rings. The van der Waals surface area contributed by atoms with Gasteiger partial charge < -0.3 is 0 Å². The van der Waals surface area contributed by atoms with E-state index in [4.69, 9.17) is 11.6 Å². The molecule has 0 radical (unpaired) electrons. The van der Waals surface area contributed by atoms with Gasteiger partial charge in [0.05, 0.1) is 16.8 Å². The number of nitrogens with one attached hydrogen (secondary N) is 1. The molecule has 2 rings (SSSR count). The van der Waals surface area contributed by atoms with Crippen molar-refractivity contribution >= 4 is 27.3 Å². The second kappa shape index (κ2) is 5.89. The summed E-state index contributed by atoms with van der Waals surface area (Å²) in [5, 5.41) is 0.317. The fraction of sp³-hybridized carbons (Fsp3) is 0.312. The van der Waals surface area contributed by atoms with E-state index in [9.17, 15) is 8.42 Å². The maximum absolute atomic E-state index is 12.8. The Hall–Kier alpha value is -1.59. The Morgan fingerprint density at radius 2 is 1.41 bits per heavy atom. The third-order valence-corrected chi connectivity index (χ3v) is 6.06. The summed E-state index contributed by atoms with van der Waals surface area (Å²) in [6.45, 7) is 9.57. The Balaban J connectivity index is 2.57. The lowest BCUT2D eigenvalue weighted by molar-refractivity contribution is 0.599. The van der Waals surface area contributed by atoms with Crippen LogP contribution in [-0.2, 0) is 10.0 Å². The number of nitrogens with zero attached hydrogens (tertiary/aromatic N) is 1. The van der Waals surface area contributed by atoms with Crippen LogP contribution in [0.25, 0.3) is 0 Å². The van der Waals surface area contributed by atoms with Crippen molar-refractivity contribution in [3.63, 3.8) is 0 Å². The predicted molar refractivity (Wildman–Crippen MR) is 90.2 cm³/mol. The molecule has 0 saturated carbocycles. The molecule has 0 amide bonds. The summed E-state index contributed by atoms with van der Waals surface area (Å²) in [5.74, 6) is 0. The standard InChI is InChI=1S/C16H19ClN2O2S/c1-9-10(2)12(4)16(13(5)11(9)3)22(20,21)19-14-6-7-15(17)18-8-14/h6-8,19H,1-5H3. The molecule has 6 heteroatoms. The minimum absolute atomic E-state index is 0.317. The molecule has 0 bridgehead atoms. The van der Waals surface area contributed by atoms with Crippen molar-refractivity contribution in [3.8, 4) is 0 Å². The van der Waals surface area contributed by atoms with Crippen molar-refractivity contribution in [3.05, 3.63) is 51.3 Å². The van der Waals surface area contributed by atoms with Gasteiger partial charge in [-0.3, -0.25) is 4.72 Å². The first-order valence-corrected chi connectivity index (χ1v) is 8.72. The molecular formula is C16H19ClN2O2S. The smallest absolute Gasteiger partial charge is 0.262 e. The zero-order valence-electron chi connectivity index (χ0n) is 13.3. The molecule has 118 valence electrons. The van der Waals surface area contributed by atoms with Gasteiger partial charge in [-0.1, -0.05) is 11.6 Å². The molecule has 0 fully saturated rings. The number of hydrogen-bond acceptors (Lipinski definition) is 3. The molecule has 1 aromatic heterocycles. The zero-order chi connectivity index (χ0) is 16.7. The SMILES string of the molecule is Cc1c(C)c(C)c(S(=O)(=O)Nc2ccc(Cl)nc2)c(C)c1C. The van der Waals surface area contributed by atoms with E-state index in [0.717, 1.165) is 27.8 Å². The summed E-state index contributed by atoms with van der Waals surface area (Å²) in [6.07, 6.45) is 1.40. The van der Waals surface area contributed by atoms with E-state index in [-0.39, 0.29) is 0 Å². The number of aromatic nitrogens is 1. The summed E-state index contributed by atoms with van der Waals surface area (Å²) in [6, 6.07) is 3.14. The highest BCUT2D eigenvalue weighted by Crippen LogP contribution is 2.30. The third kappa shape index (κ3) is 2.96. The Bertz CT molecular complexity index is 799. The molecule has 0 aliphatic carbocycles. The monoisotopic (exact) mass is 338 g/mol. The van der Waals surface area contributed by atoms with Gasteiger partial charge in [-0.25, -0.2) is 13.4 Å². The van der Waals surface area contributed by atoms with E-state index in [1.807, 2.05) is 34.6 Å². The number of benzene rings is 1. The van der Waals surface area contributed by atoms with Crippen molar-refractivity contribution in [2.24, 2.45) is 0 Å². The number of anilines is 1. The molecule has 22 heavy (non-hydrogen) atoms. The lowest BCUT2D eigenvalue weighted by Gasteiger charge is -2.19. The molecule has 1 N–H and O–H groups in total. The van der Waals surface area contributed by atoms with Gasteiger partial charge in [0.2, 0.25) is 0 Å². The number of hydrogen-bond donors (Lipinski definition) is 1. The predicted octanol–water partition coefficient (Wildman–Crippen LogP) is 4.08. The third-order valence-electron chi connectivity index (χ3n) is 4.18. The molecule has 2 aromatic rings. The first kappa shape index (κ1) is 16.8. The van der Waals surface area contributed by atoms with Crippen molar-refractivity contribution < 1.29 is 8.42 Å². The summed E-state index contributed by atoms with van der Waals surface area (Å²) >= 11 is 5.72. The van der Waals surface area contributed by atoms with Gasteiger partial charge in [0.1, 0.15) is 5.15 Å². The fourth-order valence-electron chi connectivity index (χ4n) is 2.51. The van der Waals surface area contributed by atoms with E-state index >= 15 is 0 Å². The van der Waals surface area contributed by atoms with E-state index in [1.54, 1.807) is 12.1 Å². The largest absolute Gasteiger partial charge is 0.278 e. The van der Waals surface area contributed by atoms with Crippen LogP contribution in [-0.4, -0.2) is 13.4 Å². The molecule has 1 aromatic carbocycles. The minimum Gasteiger partial charge on any atom is -0.278 e. The molecule has 0 spiro atoms. The van der Waals surface area contributed by atoms with Crippen LogP contribution in [0.4, 0.5) is 5.69 Å². The van der Waals surface area contributed by atoms with Crippen LogP contribution in [0.1, 0.15) is 27.8 Å². The minimum atomic E-state index is -3.68. The molecular weight excluding hydrogens is 320 g/mol. The molecule has 0 aliphatic heterocycles. The summed E-state index contributed by atoms with van der Waals surface area (Å²) < 4.78 is 28.1. The van der Waals surface area contributed by atoms with Crippen LogP contribution < -0.4 is 4.72 Å². The second-order valence-corrected chi connectivity index (χ2v) is 7.44. The average Bonchev–Trinajstić information content (AvgIpc) is 2.45. The van der Waals surface area contributed by atoms with Crippen molar-refractivity contribution in [2.75, 3.05) is 4.72 Å². The van der Waals surface area contributed by atoms with Crippen LogP contribution in [0, 0.1) is 34.6 Å². The number of halogens is 1. The Morgan fingerprint density at radius 1 is 0.909 bits per heavy atom. The normalized spacial score (nSPS) is 11.5. The lowest BCUT2D eigenvalue weighted by atomic mass is 9.95. The second-order valence-electron chi connectivity index (χ2n) is 5.43. The lowest BCUT2D eigenvalue weighted by Crippen LogP contribution is -2.17. The van der Waals surface area contributed by atoms with Gasteiger partial charge in [0, 0.05) is 0 Å². The van der Waals surface area contributed by atoms with Gasteiger partial charge in [0.15, 0.2) is 0 Å². The Labute approximate surface area is 136 Å². The highest BCUT2D eigenvalue weighted by Gasteiger charge is 2.23. The first-order valence-electron chi connectivity index (χ1n) is 6.86. The van der Waals surface area contributed by atoms with Crippen LogP contribution >= 0.6 is 11.6 Å². The van der Waals surface area contributed by atoms with Gasteiger partial charge in [-0.05, 0) is 74.6 Å². The van der Waals surface area contributed by atoms with Gasteiger partial charge >= 0.3 is 0 Å². The van der Waals surface area contributed by atoms with Crippen molar-refractivity contribution in [1.29, 1.82) is 0 Å². The number of sulfonamides is 1. The highest BCUT2D eigenvalue weighted by atomic mass is 35.5.